The molecule has 0 saturated carbocycles. The Morgan fingerprint density at radius 2 is 2.25 bits per heavy atom. The van der Waals surface area contributed by atoms with E-state index >= 15 is 0 Å². The number of aromatic nitrogens is 2. The van der Waals surface area contributed by atoms with Gasteiger partial charge in [0.2, 0.25) is 11.9 Å². The summed E-state index contributed by atoms with van der Waals surface area (Å²) in [5.74, 6) is 1.96. The number of benzene rings is 1. The van der Waals surface area contributed by atoms with Crippen LogP contribution in [0.3, 0.4) is 0 Å². The van der Waals surface area contributed by atoms with Gasteiger partial charge in [0.1, 0.15) is 5.75 Å². The molecule has 0 fully saturated rings. The van der Waals surface area contributed by atoms with E-state index < -0.39 is 0 Å². The lowest BCUT2D eigenvalue weighted by atomic mass is 10.2. The van der Waals surface area contributed by atoms with Gasteiger partial charge in [-0.2, -0.15) is 0 Å². The maximum Gasteiger partial charge on any atom is 0.230 e. The van der Waals surface area contributed by atoms with Gasteiger partial charge in [-0.3, -0.25) is 10.2 Å². The molecule has 0 atom stereocenters. The molecule has 1 aliphatic heterocycles. The summed E-state index contributed by atoms with van der Waals surface area (Å²) < 4.78 is 5.53. The molecule has 128 valence electrons. The molecule has 0 spiro atoms. The predicted molar refractivity (Wildman–Crippen MR) is 93.2 cm³/mol. The fourth-order valence-corrected chi connectivity index (χ4v) is 2.52. The van der Waals surface area contributed by atoms with Crippen LogP contribution in [0.25, 0.3) is 10.9 Å². The Bertz CT molecular complexity index is 749. The van der Waals surface area contributed by atoms with Crippen molar-refractivity contribution < 1.29 is 9.84 Å². The number of hydrogen-bond donors (Lipinski definition) is 3. The quantitative estimate of drug-likeness (QED) is 0.750. The van der Waals surface area contributed by atoms with Crippen LogP contribution in [0.4, 0.5) is 5.95 Å². The van der Waals surface area contributed by atoms with E-state index in [9.17, 15) is 0 Å². The molecule has 1 aromatic carbocycles. The zero-order chi connectivity index (χ0) is 16.9. The van der Waals surface area contributed by atoms with Crippen molar-refractivity contribution in [2.45, 2.75) is 13.8 Å². The molecule has 0 amide bonds. The summed E-state index contributed by atoms with van der Waals surface area (Å²) in [6.45, 7) is 6.40. The smallest absolute Gasteiger partial charge is 0.230 e. The summed E-state index contributed by atoms with van der Waals surface area (Å²) in [4.78, 5) is 15.4. The van der Waals surface area contributed by atoms with Crippen LogP contribution in [-0.2, 0) is 0 Å². The van der Waals surface area contributed by atoms with Crippen molar-refractivity contribution in [1.82, 2.24) is 20.2 Å². The Labute approximate surface area is 140 Å². The molecule has 0 bridgehead atoms. The van der Waals surface area contributed by atoms with Gasteiger partial charge < -0.3 is 15.2 Å². The van der Waals surface area contributed by atoms with E-state index in [1.165, 1.54) is 0 Å². The largest absolute Gasteiger partial charge is 0.494 e. The highest BCUT2D eigenvalue weighted by atomic mass is 16.5. The number of ether oxygens (including phenoxy) is 1. The number of rotatable bonds is 5. The van der Waals surface area contributed by atoms with E-state index in [2.05, 4.69) is 25.6 Å². The van der Waals surface area contributed by atoms with Gasteiger partial charge in [-0.25, -0.2) is 15.0 Å². The fraction of sp³-hybridized carbons (Fsp3) is 0.438. The van der Waals surface area contributed by atoms with Crippen molar-refractivity contribution in [3.63, 3.8) is 0 Å². The maximum atomic E-state index is 8.94. The number of anilines is 1. The monoisotopic (exact) mass is 330 g/mol. The lowest BCUT2D eigenvalue weighted by molar-refractivity contribution is 0.191. The molecular weight excluding hydrogens is 308 g/mol. The molecule has 8 heteroatoms. The summed E-state index contributed by atoms with van der Waals surface area (Å²) in [6.07, 6.45) is 0. The van der Waals surface area contributed by atoms with E-state index in [4.69, 9.17) is 9.84 Å². The van der Waals surface area contributed by atoms with Crippen LogP contribution in [0.1, 0.15) is 12.6 Å². The topological polar surface area (TPSA) is 94.9 Å². The number of β-amino-alcohol motifs (C(OH)–C–C–N with tert-alkyl or cyclic N) is 1. The number of nitrogens with zero attached hydrogens (tertiary/aromatic N) is 4. The third-order valence-corrected chi connectivity index (χ3v) is 3.71. The first-order valence-corrected chi connectivity index (χ1v) is 7.99. The van der Waals surface area contributed by atoms with Crippen LogP contribution in [0.5, 0.6) is 5.75 Å². The summed E-state index contributed by atoms with van der Waals surface area (Å²) in [6, 6.07) is 5.80. The van der Waals surface area contributed by atoms with Crippen LogP contribution >= 0.6 is 0 Å². The number of aryl methyl sites for hydroxylation is 1. The van der Waals surface area contributed by atoms with Crippen molar-refractivity contribution in [3.8, 4) is 5.75 Å². The predicted octanol–water partition coefficient (Wildman–Crippen LogP) is 0.917. The highest BCUT2D eigenvalue weighted by Crippen LogP contribution is 2.22. The Kier molecular flexibility index (Phi) is 5.07. The molecule has 0 unspecified atom stereocenters. The first-order valence-electron chi connectivity index (χ1n) is 7.99. The lowest BCUT2D eigenvalue weighted by Gasteiger charge is -2.26. The summed E-state index contributed by atoms with van der Waals surface area (Å²) in [5, 5.41) is 16.2. The third kappa shape index (κ3) is 3.72. The molecule has 8 nitrogen and oxygen atoms in total. The molecule has 2 aromatic rings. The van der Waals surface area contributed by atoms with E-state index in [0.717, 1.165) is 22.3 Å². The number of fused-ring (bicyclic) bond motifs is 1. The fourth-order valence-electron chi connectivity index (χ4n) is 2.52. The Morgan fingerprint density at radius 3 is 2.96 bits per heavy atom. The highest BCUT2D eigenvalue weighted by Gasteiger charge is 2.13. The molecule has 2 heterocycles. The van der Waals surface area contributed by atoms with Crippen LogP contribution in [-0.4, -0.2) is 59.0 Å². The normalized spacial score (nSPS) is 15.0. The van der Waals surface area contributed by atoms with E-state index in [0.29, 0.717) is 38.4 Å². The SMILES string of the molecule is CCOc1ccc2nc(NC3=NCN(CCO)CN3)nc(C)c2c1. The minimum Gasteiger partial charge on any atom is -0.494 e. The number of aliphatic hydroxyl groups excluding tert-OH is 1. The molecule has 3 N–H and O–H groups in total. The van der Waals surface area contributed by atoms with Crippen LogP contribution < -0.4 is 15.4 Å². The van der Waals surface area contributed by atoms with Crippen molar-refractivity contribution >= 4 is 22.8 Å². The highest BCUT2D eigenvalue weighted by molar-refractivity contribution is 5.93. The van der Waals surface area contributed by atoms with Gasteiger partial charge in [-0.1, -0.05) is 0 Å². The zero-order valence-electron chi connectivity index (χ0n) is 13.9. The van der Waals surface area contributed by atoms with Crippen LogP contribution in [0, 0.1) is 6.92 Å². The Morgan fingerprint density at radius 1 is 1.38 bits per heavy atom. The average molecular weight is 330 g/mol. The molecule has 1 aliphatic rings. The molecule has 24 heavy (non-hydrogen) atoms. The van der Waals surface area contributed by atoms with Gasteiger partial charge in [0.15, 0.2) is 0 Å². The third-order valence-electron chi connectivity index (χ3n) is 3.71. The summed E-state index contributed by atoms with van der Waals surface area (Å²) in [5.41, 5.74) is 1.73. The minimum atomic E-state index is 0.122. The van der Waals surface area contributed by atoms with Crippen LogP contribution in [0.15, 0.2) is 23.2 Å². The number of hydrogen-bond acceptors (Lipinski definition) is 8. The first-order chi connectivity index (χ1) is 11.7. The second kappa shape index (κ2) is 7.41. The Hall–Kier alpha value is -2.45. The van der Waals surface area contributed by atoms with Gasteiger partial charge in [0, 0.05) is 11.9 Å². The molecule has 1 aromatic heterocycles. The van der Waals surface area contributed by atoms with E-state index in [1.54, 1.807) is 0 Å². The second-order valence-corrected chi connectivity index (χ2v) is 5.47. The van der Waals surface area contributed by atoms with Crippen molar-refractivity contribution in [2.75, 3.05) is 38.4 Å². The average Bonchev–Trinajstić information content (AvgIpc) is 2.58. The number of aliphatic imine (C=N–C) groups is 1. The van der Waals surface area contributed by atoms with Gasteiger partial charge in [-0.05, 0) is 32.0 Å². The van der Waals surface area contributed by atoms with Gasteiger partial charge in [0.05, 0.1) is 37.8 Å². The summed E-state index contributed by atoms with van der Waals surface area (Å²) >= 11 is 0. The molecule has 0 saturated heterocycles. The molecule has 3 rings (SSSR count). The number of nitrogens with one attached hydrogen (secondary N) is 2. The molecular formula is C16H22N6O2. The van der Waals surface area contributed by atoms with Crippen LogP contribution in [0.2, 0.25) is 0 Å². The lowest BCUT2D eigenvalue weighted by Crippen LogP contribution is -2.46. The minimum absolute atomic E-state index is 0.122. The molecule has 0 aliphatic carbocycles. The van der Waals surface area contributed by atoms with Crippen molar-refractivity contribution in [1.29, 1.82) is 0 Å². The van der Waals surface area contributed by atoms with Crippen molar-refractivity contribution in [3.05, 3.63) is 23.9 Å². The van der Waals surface area contributed by atoms with Gasteiger partial charge >= 0.3 is 0 Å². The number of aliphatic hydroxyl groups is 1. The molecule has 0 radical (unpaired) electrons. The van der Waals surface area contributed by atoms with Gasteiger partial charge in [0.25, 0.3) is 0 Å². The standard InChI is InChI=1S/C16H22N6O2/c1-3-24-12-4-5-14-13(8-12)11(2)19-16(20-14)21-15-17-9-22(6-7-23)10-18-15/h4-5,8,23H,3,6-7,9-10H2,1-2H3,(H2,17,18,19,20,21). The van der Waals surface area contributed by atoms with E-state index in [1.807, 2.05) is 36.9 Å². The number of guanidine groups is 1. The first kappa shape index (κ1) is 16.4. The Balaban J connectivity index is 1.77. The van der Waals surface area contributed by atoms with E-state index in [-0.39, 0.29) is 6.61 Å². The zero-order valence-corrected chi connectivity index (χ0v) is 13.9. The van der Waals surface area contributed by atoms with Gasteiger partial charge in [-0.15, -0.1) is 0 Å². The summed E-state index contributed by atoms with van der Waals surface area (Å²) in [7, 11) is 0. The second-order valence-electron chi connectivity index (χ2n) is 5.47. The van der Waals surface area contributed by atoms with Crippen molar-refractivity contribution in [2.24, 2.45) is 4.99 Å². The maximum absolute atomic E-state index is 8.94.